The molecule has 0 atom stereocenters. The molecule has 27 heavy (non-hydrogen) atoms. The zero-order valence-corrected chi connectivity index (χ0v) is 17.1. The number of thiazole rings is 1. The number of nitrogens with zero attached hydrogens (tertiary/aromatic N) is 1. The van der Waals surface area contributed by atoms with Gasteiger partial charge < -0.3 is 10.1 Å². The Hall–Kier alpha value is -2.66. The van der Waals surface area contributed by atoms with E-state index in [1.54, 1.807) is 18.4 Å². The van der Waals surface area contributed by atoms with Gasteiger partial charge in [0.05, 0.1) is 18.4 Å². The van der Waals surface area contributed by atoms with Crippen molar-refractivity contribution in [2.75, 3.05) is 12.4 Å². The number of carbonyl (C=O) groups is 1. The highest BCUT2D eigenvalue weighted by Gasteiger charge is 2.21. The molecule has 4 nitrogen and oxygen atoms in total. The molecule has 1 aromatic heterocycles. The summed E-state index contributed by atoms with van der Waals surface area (Å²) in [4.78, 5) is 18.1. The monoisotopic (exact) mass is 380 g/mol. The first-order chi connectivity index (χ1) is 12.8. The number of carbonyl (C=O) groups excluding carboxylic acids is 1. The number of aryl methyl sites for hydroxylation is 1. The second kappa shape index (κ2) is 7.53. The predicted octanol–water partition coefficient (Wildman–Crippen LogP) is 5.78. The van der Waals surface area contributed by atoms with Gasteiger partial charge in [-0.1, -0.05) is 45.0 Å². The molecule has 0 bridgehead atoms. The summed E-state index contributed by atoms with van der Waals surface area (Å²) in [6, 6.07) is 15.7. The SMILES string of the molecule is COc1ccccc1-c1nc(-c2ccc(NC(=O)C(C)(C)C)cc2)c(C)s1. The number of hydrogen-bond acceptors (Lipinski definition) is 4. The molecule has 1 heterocycles. The van der Waals surface area contributed by atoms with Gasteiger partial charge in [-0.2, -0.15) is 0 Å². The largest absolute Gasteiger partial charge is 0.496 e. The van der Waals surface area contributed by atoms with E-state index < -0.39 is 5.41 Å². The summed E-state index contributed by atoms with van der Waals surface area (Å²) in [5.41, 5.74) is 3.34. The smallest absolute Gasteiger partial charge is 0.229 e. The average Bonchev–Trinajstić information content (AvgIpc) is 3.03. The number of anilines is 1. The number of aromatic nitrogens is 1. The molecule has 1 N–H and O–H groups in total. The Morgan fingerprint density at radius 1 is 1.07 bits per heavy atom. The van der Waals surface area contributed by atoms with Gasteiger partial charge in [0.25, 0.3) is 0 Å². The fraction of sp³-hybridized carbons (Fsp3) is 0.273. The third-order valence-corrected chi connectivity index (χ3v) is 5.24. The standard InChI is InChI=1S/C22H24N2O2S/c1-14-19(24-20(27-14)17-8-6-7-9-18(17)26-5)15-10-12-16(13-11-15)23-21(25)22(2,3)4/h6-13H,1-5H3,(H,23,25). The summed E-state index contributed by atoms with van der Waals surface area (Å²) in [6.45, 7) is 7.76. The molecule has 2 aromatic carbocycles. The van der Waals surface area contributed by atoms with E-state index in [1.807, 2.05) is 69.3 Å². The van der Waals surface area contributed by atoms with E-state index >= 15 is 0 Å². The Labute approximate surface area is 164 Å². The first-order valence-electron chi connectivity index (χ1n) is 8.82. The highest BCUT2D eigenvalue weighted by Crippen LogP contribution is 2.37. The average molecular weight is 381 g/mol. The minimum atomic E-state index is -0.423. The molecule has 0 saturated heterocycles. The van der Waals surface area contributed by atoms with Gasteiger partial charge in [-0.05, 0) is 31.2 Å². The molecule has 0 aliphatic rings. The summed E-state index contributed by atoms with van der Waals surface area (Å²) in [5.74, 6) is 0.816. The third-order valence-electron chi connectivity index (χ3n) is 4.23. The Morgan fingerprint density at radius 3 is 2.37 bits per heavy atom. The molecule has 5 heteroatoms. The van der Waals surface area contributed by atoms with Crippen LogP contribution < -0.4 is 10.1 Å². The number of hydrogen-bond donors (Lipinski definition) is 1. The Balaban J connectivity index is 1.87. The minimum Gasteiger partial charge on any atom is -0.496 e. The Morgan fingerprint density at radius 2 is 1.74 bits per heavy atom. The maximum Gasteiger partial charge on any atom is 0.229 e. The highest BCUT2D eigenvalue weighted by atomic mass is 32.1. The van der Waals surface area contributed by atoms with Crippen LogP contribution in [-0.4, -0.2) is 18.0 Å². The highest BCUT2D eigenvalue weighted by molar-refractivity contribution is 7.15. The number of amides is 1. The number of para-hydroxylation sites is 1. The van der Waals surface area contributed by atoms with Crippen molar-refractivity contribution in [3.63, 3.8) is 0 Å². The fourth-order valence-corrected chi connectivity index (χ4v) is 3.60. The zero-order chi connectivity index (χ0) is 19.6. The molecule has 140 valence electrons. The van der Waals surface area contributed by atoms with E-state index in [4.69, 9.17) is 9.72 Å². The van der Waals surface area contributed by atoms with Crippen molar-refractivity contribution in [3.05, 3.63) is 53.4 Å². The van der Waals surface area contributed by atoms with Crippen LogP contribution in [-0.2, 0) is 4.79 Å². The van der Waals surface area contributed by atoms with Crippen molar-refractivity contribution in [2.45, 2.75) is 27.7 Å². The van der Waals surface area contributed by atoms with Crippen molar-refractivity contribution in [1.82, 2.24) is 4.98 Å². The summed E-state index contributed by atoms with van der Waals surface area (Å²) in [6.07, 6.45) is 0. The molecule has 0 radical (unpaired) electrons. The first-order valence-corrected chi connectivity index (χ1v) is 9.64. The summed E-state index contributed by atoms with van der Waals surface area (Å²) < 4.78 is 5.46. The maximum atomic E-state index is 12.1. The van der Waals surface area contributed by atoms with Crippen LogP contribution in [0.5, 0.6) is 5.75 Å². The summed E-state index contributed by atoms with van der Waals surface area (Å²) >= 11 is 1.65. The lowest BCUT2D eigenvalue weighted by atomic mass is 9.95. The molecule has 0 aliphatic heterocycles. The molecule has 0 fully saturated rings. The van der Waals surface area contributed by atoms with Crippen molar-refractivity contribution in [3.8, 4) is 27.6 Å². The van der Waals surface area contributed by atoms with Gasteiger partial charge in [0.2, 0.25) is 5.91 Å². The summed E-state index contributed by atoms with van der Waals surface area (Å²) in [5, 5.41) is 3.88. The fourth-order valence-electron chi connectivity index (χ4n) is 2.63. The van der Waals surface area contributed by atoms with E-state index in [-0.39, 0.29) is 5.91 Å². The molecule has 0 spiro atoms. The van der Waals surface area contributed by atoms with Gasteiger partial charge in [0, 0.05) is 21.5 Å². The number of benzene rings is 2. The number of nitrogens with one attached hydrogen (secondary N) is 1. The zero-order valence-electron chi connectivity index (χ0n) is 16.3. The third kappa shape index (κ3) is 4.19. The minimum absolute atomic E-state index is 0.00134. The maximum absolute atomic E-state index is 12.1. The van der Waals surface area contributed by atoms with Gasteiger partial charge in [-0.3, -0.25) is 4.79 Å². The topological polar surface area (TPSA) is 51.2 Å². The lowest BCUT2D eigenvalue weighted by Crippen LogP contribution is -2.27. The normalized spacial score (nSPS) is 11.3. The second-order valence-corrected chi connectivity index (χ2v) is 8.61. The van der Waals surface area contributed by atoms with Gasteiger partial charge in [0.1, 0.15) is 10.8 Å². The van der Waals surface area contributed by atoms with Crippen molar-refractivity contribution in [1.29, 1.82) is 0 Å². The van der Waals surface area contributed by atoms with Crippen LogP contribution in [0, 0.1) is 12.3 Å². The molecule has 3 aromatic rings. The predicted molar refractivity (Wildman–Crippen MR) is 112 cm³/mol. The van der Waals surface area contributed by atoms with Crippen LogP contribution in [0.15, 0.2) is 48.5 Å². The molecule has 0 aliphatic carbocycles. The quantitative estimate of drug-likeness (QED) is 0.624. The van der Waals surface area contributed by atoms with Crippen LogP contribution in [0.1, 0.15) is 25.6 Å². The van der Waals surface area contributed by atoms with Crippen molar-refractivity contribution < 1.29 is 9.53 Å². The summed E-state index contributed by atoms with van der Waals surface area (Å²) in [7, 11) is 1.67. The number of rotatable bonds is 4. The van der Waals surface area contributed by atoms with Crippen molar-refractivity contribution >= 4 is 22.9 Å². The van der Waals surface area contributed by atoms with Crippen LogP contribution in [0.2, 0.25) is 0 Å². The van der Waals surface area contributed by atoms with Crippen LogP contribution in [0.4, 0.5) is 5.69 Å². The van der Waals surface area contributed by atoms with Crippen LogP contribution in [0.25, 0.3) is 21.8 Å². The van der Waals surface area contributed by atoms with E-state index in [9.17, 15) is 4.79 Å². The van der Waals surface area contributed by atoms with Gasteiger partial charge in [-0.15, -0.1) is 11.3 Å². The van der Waals surface area contributed by atoms with Crippen molar-refractivity contribution in [2.24, 2.45) is 5.41 Å². The number of ether oxygens (including phenoxy) is 1. The Kier molecular flexibility index (Phi) is 5.33. The molecular formula is C22H24N2O2S. The first kappa shape index (κ1) is 19.1. The van der Waals surface area contributed by atoms with E-state index in [0.29, 0.717) is 0 Å². The molecule has 0 unspecified atom stereocenters. The molecular weight excluding hydrogens is 356 g/mol. The Bertz CT molecular complexity index is 953. The van der Waals surface area contributed by atoms with Gasteiger partial charge >= 0.3 is 0 Å². The van der Waals surface area contributed by atoms with Gasteiger partial charge in [-0.25, -0.2) is 4.98 Å². The molecule has 1 amide bonds. The van der Waals surface area contributed by atoms with E-state index in [2.05, 4.69) is 12.2 Å². The molecule has 0 saturated carbocycles. The number of methoxy groups -OCH3 is 1. The lowest BCUT2D eigenvalue weighted by molar-refractivity contribution is -0.123. The van der Waals surface area contributed by atoms with Crippen LogP contribution >= 0.6 is 11.3 Å². The molecule has 3 rings (SSSR count). The van der Waals surface area contributed by atoms with E-state index in [1.165, 1.54) is 0 Å². The van der Waals surface area contributed by atoms with E-state index in [0.717, 1.165) is 38.1 Å². The second-order valence-electron chi connectivity index (χ2n) is 7.41. The van der Waals surface area contributed by atoms with Gasteiger partial charge in [0.15, 0.2) is 0 Å². The lowest BCUT2D eigenvalue weighted by Gasteiger charge is -2.17. The van der Waals surface area contributed by atoms with Crippen LogP contribution in [0.3, 0.4) is 0 Å².